The van der Waals surface area contributed by atoms with Crippen LogP contribution < -0.4 is 5.32 Å². The summed E-state index contributed by atoms with van der Waals surface area (Å²) < 4.78 is 1.84. The van der Waals surface area contributed by atoms with Crippen molar-refractivity contribution in [3.05, 3.63) is 64.3 Å². The Morgan fingerprint density at radius 2 is 2.00 bits per heavy atom. The van der Waals surface area contributed by atoms with Crippen molar-refractivity contribution >= 4 is 23.2 Å². The average Bonchev–Trinajstić information content (AvgIpc) is 3.48. The highest BCUT2D eigenvalue weighted by Gasteiger charge is 2.37. The van der Waals surface area contributed by atoms with Crippen LogP contribution in [0.1, 0.15) is 47.1 Å². The van der Waals surface area contributed by atoms with Gasteiger partial charge in [0.15, 0.2) is 0 Å². The van der Waals surface area contributed by atoms with Gasteiger partial charge in [-0.25, -0.2) is 0 Å². The molecule has 2 amide bonds. The number of hydrogen-bond donors (Lipinski definition) is 1. The summed E-state index contributed by atoms with van der Waals surface area (Å²) in [5, 5.41) is 9.74. The Labute approximate surface area is 192 Å². The lowest BCUT2D eigenvalue weighted by Gasteiger charge is -2.35. The molecule has 6 nitrogen and oxygen atoms in total. The molecule has 2 aromatic heterocycles. The van der Waals surface area contributed by atoms with Gasteiger partial charge in [-0.15, -0.1) is 11.3 Å². The van der Waals surface area contributed by atoms with E-state index in [0.717, 1.165) is 42.5 Å². The van der Waals surface area contributed by atoms with Crippen LogP contribution in [-0.4, -0.2) is 45.6 Å². The molecule has 1 fully saturated rings. The van der Waals surface area contributed by atoms with E-state index in [0.29, 0.717) is 31.7 Å². The summed E-state index contributed by atoms with van der Waals surface area (Å²) in [7, 11) is 0. The monoisotopic (exact) mass is 448 g/mol. The zero-order valence-electron chi connectivity index (χ0n) is 18.3. The zero-order chi connectivity index (χ0) is 22.1. The lowest BCUT2D eigenvalue weighted by atomic mass is 9.94. The van der Waals surface area contributed by atoms with Crippen LogP contribution in [0.3, 0.4) is 0 Å². The SMILES string of the molecule is CCn1nc2c(c1C(=O)N1CCNC(=O)[C@H]1Cc1ccc(-c3cccs3)cc1)CCCC2. The number of nitrogens with zero attached hydrogens (tertiary/aromatic N) is 3. The first-order valence-corrected chi connectivity index (χ1v) is 12.3. The molecule has 3 heterocycles. The Kier molecular flexibility index (Phi) is 5.83. The van der Waals surface area contributed by atoms with Gasteiger partial charge in [-0.05, 0) is 55.2 Å². The minimum atomic E-state index is -0.511. The normalized spacial score (nSPS) is 18.3. The molecule has 1 N–H and O–H groups in total. The maximum Gasteiger partial charge on any atom is 0.273 e. The molecule has 1 aromatic carbocycles. The van der Waals surface area contributed by atoms with E-state index >= 15 is 0 Å². The number of aromatic nitrogens is 2. The highest BCUT2D eigenvalue weighted by Crippen LogP contribution is 2.28. The Bertz CT molecular complexity index is 1120. The second-order valence-electron chi connectivity index (χ2n) is 8.48. The van der Waals surface area contributed by atoms with Crippen molar-refractivity contribution in [2.75, 3.05) is 13.1 Å². The molecule has 0 spiro atoms. The van der Waals surface area contributed by atoms with Gasteiger partial charge in [0.05, 0.1) is 5.69 Å². The van der Waals surface area contributed by atoms with E-state index in [9.17, 15) is 9.59 Å². The predicted octanol–water partition coefficient (Wildman–Crippen LogP) is 3.69. The number of carbonyl (C=O) groups is 2. The predicted molar refractivity (Wildman–Crippen MR) is 126 cm³/mol. The number of amides is 2. The highest BCUT2D eigenvalue weighted by molar-refractivity contribution is 7.13. The topological polar surface area (TPSA) is 67.2 Å². The molecule has 0 radical (unpaired) electrons. The number of fused-ring (bicyclic) bond motifs is 1. The summed E-state index contributed by atoms with van der Waals surface area (Å²) in [5.41, 5.74) is 5.06. The third-order valence-electron chi connectivity index (χ3n) is 6.51. The molecule has 1 saturated heterocycles. The summed E-state index contributed by atoms with van der Waals surface area (Å²) in [5.74, 6) is -0.138. The molecular weight excluding hydrogens is 420 g/mol. The molecular formula is C25H28N4O2S. The average molecular weight is 449 g/mol. The third kappa shape index (κ3) is 3.86. The van der Waals surface area contributed by atoms with Crippen molar-refractivity contribution in [3.8, 4) is 10.4 Å². The Balaban J connectivity index is 1.41. The Morgan fingerprint density at radius 1 is 1.19 bits per heavy atom. The van der Waals surface area contributed by atoms with Crippen molar-refractivity contribution in [2.45, 2.75) is 51.6 Å². The Morgan fingerprint density at radius 3 is 2.75 bits per heavy atom. The number of piperazine rings is 1. The number of aryl methyl sites for hydroxylation is 2. The Hall–Kier alpha value is -2.93. The van der Waals surface area contributed by atoms with E-state index in [2.05, 4.69) is 41.0 Å². The number of rotatable bonds is 5. The first kappa shape index (κ1) is 20.9. The van der Waals surface area contributed by atoms with Crippen molar-refractivity contribution in [1.29, 1.82) is 0 Å². The molecule has 3 aromatic rings. The summed E-state index contributed by atoms with van der Waals surface area (Å²) >= 11 is 1.71. The molecule has 7 heteroatoms. The standard InChI is InChI=1S/C25H28N4O2S/c1-2-29-23(19-6-3-4-7-20(19)27-29)25(31)28-14-13-26-24(30)21(28)16-17-9-11-18(12-10-17)22-8-5-15-32-22/h5,8-12,15,21H,2-4,6-7,13-14,16H2,1H3,(H,26,30)/t21-/m1/s1. The van der Waals surface area contributed by atoms with E-state index in [1.165, 1.54) is 10.4 Å². The van der Waals surface area contributed by atoms with Crippen molar-refractivity contribution in [2.24, 2.45) is 0 Å². The molecule has 5 rings (SSSR count). The van der Waals surface area contributed by atoms with Crippen molar-refractivity contribution in [3.63, 3.8) is 0 Å². The number of benzene rings is 1. The fourth-order valence-corrected chi connectivity index (χ4v) is 5.58. The minimum Gasteiger partial charge on any atom is -0.353 e. The molecule has 1 aliphatic heterocycles. The number of nitrogens with one attached hydrogen (secondary N) is 1. The summed E-state index contributed by atoms with van der Waals surface area (Å²) in [6.07, 6.45) is 4.54. The van der Waals surface area contributed by atoms with Crippen LogP contribution in [0.2, 0.25) is 0 Å². The third-order valence-corrected chi connectivity index (χ3v) is 7.43. The van der Waals surface area contributed by atoms with Gasteiger partial charge in [-0.3, -0.25) is 14.3 Å². The zero-order valence-corrected chi connectivity index (χ0v) is 19.2. The van der Waals surface area contributed by atoms with Crippen LogP contribution in [-0.2, 0) is 30.6 Å². The van der Waals surface area contributed by atoms with Crippen LogP contribution in [0.25, 0.3) is 10.4 Å². The van der Waals surface area contributed by atoms with Crippen LogP contribution in [0.15, 0.2) is 41.8 Å². The molecule has 0 bridgehead atoms. The molecule has 32 heavy (non-hydrogen) atoms. The fraction of sp³-hybridized carbons (Fsp3) is 0.400. The smallest absolute Gasteiger partial charge is 0.273 e. The summed E-state index contributed by atoms with van der Waals surface area (Å²) in [6, 6.07) is 12.0. The van der Waals surface area contributed by atoms with Gasteiger partial charge in [-0.2, -0.15) is 5.10 Å². The second-order valence-corrected chi connectivity index (χ2v) is 9.43. The summed E-state index contributed by atoms with van der Waals surface area (Å²) in [4.78, 5) is 29.6. The van der Waals surface area contributed by atoms with E-state index in [1.807, 2.05) is 17.7 Å². The van der Waals surface area contributed by atoms with Crippen LogP contribution in [0.5, 0.6) is 0 Å². The van der Waals surface area contributed by atoms with Gasteiger partial charge in [0.2, 0.25) is 5.91 Å². The summed E-state index contributed by atoms with van der Waals surface area (Å²) in [6.45, 7) is 3.68. The van der Waals surface area contributed by atoms with Crippen LogP contribution in [0, 0.1) is 0 Å². The highest BCUT2D eigenvalue weighted by atomic mass is 32.1. The lowest BCUT2D eigenvalue weighted by molar-refractivity contribution is -0.127. The lowest BCUT2D eigenvalue weighted by Crippen LogP contribution is -2.58. The fourth-order valence-electron chi connectivity index (χ4n) is 4.84. The van der Waals surface area contributed by atoms with Gasteiger partial charge in [0.1, 0.15) is 11.7 Å². The molecule has 1 aliphatic carbocycles. The van der Waals surface area contributed by atoms with E-state index in [-0.39, 0.29) is 11.8 Å². The van der Waals surface area contributed by atoms with Crippen molar-refractivity contribution < 1.29 is 9.59 Å². The van der Waals surface area contributed by atoms with Crippen molar-refractivity contribution in [1.82, 2.24) is 20.0 Å². The molecule has 0 saturated carbocycles. The van der Waals surface area contributed by atoms with Gasteiger partial charge >= 0.3 is 0 Å². The van der Waals surface area contributed by atoms with Gasteiger partial charge in [-0.1, -0.05) is 30.3 Å². The van der Waals surface area contributed by atoms with E-state index in [4.69, 9.17) is 5.10 Å². The molecule has 0 unspecified atom stereocenters. The maximum atomic E-state index is 13.8. The van der Waals surface area contributed by atoms with Crippen LogP contribution >= 0.6 is 11.3 Å². The van der Waals surface area contributed by atoms with E-state index in [1.54, 1.807) is 16.2 Å². The van der Waals surface area contributed by atoms with Gasteiger partial charge in [0.25, 0.3) is 5.91 Å². The maximum absolute atomic E-state index is 13.8. The van der Waals surface area contributed by atoms with Crippen LogP contribution in [0.4, 0.5) is 0 Å². The largest absolute Gasteiger partial charge is 0.353 e. The van der Waals surface area contributed by atoms with E-state index < -0.39 is 6.04 Å². The number of carbonyl (C=O) groups excluding carboxylic acids is 2. The molecule has 1 atom stereocenters. The number of thiophene rings is 1. The number of hydrogen-bond acceptors (Lipinski definition) is 4. The molecule has 2 aliphatic rings. The second kappa shape index (κ2) is 8.90. The van der Waals surface area contributed by atoms with Gasteiger partial charge < -0.3 is 10.2 Å². The first-order valence-electron chi connectivity index (χ1n) is 11.5. The minimum absolute atomic E-state index is 0.0578. The first-order chi connectivity index (χ1) is 15.7. The van der Waals surface area contributed by atoms with Gasteiger partial charge in [0, 0.05) is 36.5 Å². The molecule has 166 valence electrons. The quantitative estimate of drug-likeness (QED) is 0.647.